The van der Waals surface area contributed by atoms with Gasteiger partial charge in [0.15, 0.2) is 0 Å². The fourth-order valence-corrected chi connectivity index (χ4v) is 2.18. The van der Waals surface area contributed by atoms with Crippen LogP contribution in [-0.2, 0) is 0 Å². The normalized spacial score (nSPS) is 12.9. The molecule has 0 aliphatic carbocycles. The van der Waals surface area contributed by atoms with Crippen LogP contribution in [0.4, 0.5) is 0 Å². The zero-order chi connectivity index (χ0) is 9.84. The summed E-state index contributed by atoms with van der Waals surface area (Å²) in [6, 6.07) is 5.42. The number of aliphatic hydroxyl groups is 1. The van der Waals surface area contributed by atoms with Crippen molar-refractivity contribution in [2.24, 2.45) is 5.73 Å². The number of rotatable bonds is 3. The first-order valence-electron chi connectivity index (χ1n) is 3.99. The highest BCUT2D eigenvalue weighted by atomic mass is 79.9. The van der Waals surface area contributed by atoms with E-state index in [4.69, 9.17) is 17.3 Å². The lowest BCUT2D eigenvalue weighted by atomic mass is 10.1. The Kier molecular flexibility index (Phi) is 4.19. The fourth-order valence-electron chi connectivity index (χ4n) is 1.13. The number of hydrogen-bond donors (Lipinski definition) is 2. The highest BCUT2D eigenvalue weighted by Crippen LogP contribution is 2.31. The number of halogens is 2. The number of hydrogen-bond acceptors (Lipinski definition) is 2. The van der Waals surface area contributed by atoms with Gasteiger partial charge in [-0.25, -0.2) is 0 Å². The Labute approximate surface area is 90.8 Å². The second-order valence-electron chi connectivity index (χ2n) is 2.73. The Bertz CT molecular complexity index is 273. The van der Waals surface area contributed by atoms with Crippen LogP contribution < -0.4 is 5.73 Å². The topological polar surface area (TPSA) is 46.2 Å². The average molecular weight is 265 g/mol. The van der Waals surface area contributed by atoms with Crippen molar-refractivity contribution < 1.29 is 5.11 Å². The molecule has 2 nitrogen and oxygen atoms in total. The number of benzene rings is 1. The molecule has 1 aromatic rings. The number of nitrogens with two attached hydrogens (primary N) is 1. The smallest absolute Gasteiger partial charge is 0.0827 e. The van der Waals surface area contributed by atoms with E-state index >= 15 is 0 Å². The van der Waals surface area contributed by atoms with Gasteiger partial charge in [0.2, 0.25) is 0 Å². The van der Waals surface area contributed by atoms with Gasteiger partial charge in [-0.05, 0) is 25.1 Å². The molecule has 0 fully saturated rings. The summed E-state index contributed by atoms with van der Waals surface area (Å²) < 4.78 is 0.820. The maximum atomic E-state index is 9.69. The van der Waals surface area contributed by atoms with Crippen molar-refractivity contribution in [3.8, 4) is 0 Å². The largest absolute Gasteiger partial charge is 0.388 e. The van der Waals surface area contributed by atoms with Crippen LogP contribution in [0.1, 0.15) is 18.1 Å². The highest BCUT2D eigenvalue weighted by molar-refractivity contribution is 9.10. The first-order chi connectivity index (χ1) is 6.16. The van der Waals surface area contributed by atoms with E-state index in [9.17, 15) is 5.11 Å². The molecule has 0 saturated heterocycles. The summed E-state index contributed by atoms with van der Waals surface area (Å²) >= 11 is 9.26. The summed E-state index contributed by atoms with van der Waals surface area (Å²) in [4.78, 5) is 0. The molecule has 0 aromatic heterocycles. The van der Waals surface area contributed by atoms with Gasteiger partial charge in [-0.2, -0.15) is 0 Å². The molecule has 3 N–H and O–H groups in total. The first-order valence-corrected chi connectivity index (χ1v) is 5.16. The summed E-state index contributed by atoms with van der Waals surface area (Å²) in [5.41, 5.74) is 6.07. The van der Waals surface area contributed by atoms with E-state index in [1.54, 1.807) is 6.07 Å². The van der Waals surface area contributed by atoms with Crippen molar-refractivity contribution in [1.29, 1.82) is 0 Å². The fraction of sp³-hybridized carbons (Fsp3) is 0.333. The zero-order valence-electron chi connectivity index (χ0n) is 7.00. The van der Waals surface area contributed by atoms with Crippen LogP contribution in [0.25, 0.3) is 0 Å². The predicted octanol–water partition coefficient (Wildman–Crippen LogP) is 2.48. The SMILES string of the molecule is NCCC(O)c1c(Cl)cccc1Br. The van der Waals surface area contributed by atoms with Gasteiger partial charge in [0, 0.05) is 15.1 Å². The lowest BCUT2D eigenvalue weighted by Gasteiger charge is -2.13. The lowest BCUT2D eigenvalue weighted by Crippen LogP contribution is -2.07. The summed E-state index contributed by atoms with van der Waals surface area (Å²) in [5, 5.41) is 10.3. The summed E-state index contributed by atoms with van der Waals surface area (Å²) in [6.07, 6.45) is -0.0735. The monoisotopic (exact) mass is 263 g/mol. The van der Waals surface area contributed by atoms with Crippen molar-refractivity contribution in [2.75, 3.05) is 6.54 Å². The van der Waals surface area contributed by atoms with Crippen LogP contribution in [-0.4, -0.2) is 11.7 Å². The maximum Gasteiger partial charge on any atom is 0.0827 e. The van der Waals surface area contributed by atoms with Crippen LogP contribution in [0, 0.1) is 0 Å². The van der Waals surface area contributed by atoms with Crippen LogP contribution >= 0.6 is 27.5 Å². The molecule has 0 aliphatic heterocycles. The molecule has 0 heterocycles. The molecule has 72 valence electrons. The van der Waals surface area contributed by atoms with Crippen molar-refractivity contribution in [3.05, 3.63) is 33.3 Å². The second-order valence-corrected chi connectivity index (χ2v) is 3.99. The first kappa shape index (κ1) is 11.0. The summed E-state index contributed by atoms with van der Waals surface area (Å²) in [6.45, 7) is 0.443. The summed E-state index contributed by atoms with van der Waals surface area (Å²) in [5.74, 6) is 0. The minimum absolute atomic E-state index is 0.443. The van der Waals surface area contributed by atoms with E-state index < -0.39 is 6.10 Å². The summed E-state index contributed by atoms with van der Waals surface area (Å²) in [7, 11) is 0. The molecule has 1 unspecified atom stereocenters. The van der Waals surface area contributed by atoms with E-state index in [-0.39, 0.29) is 0 Å². The van der Waals surface area contributed by atoms with Gasteiger partial charge < -0.3 is 10.8 Å². The number of aliphatic hydroxyl groups excluding tert-OH is 1. The second kappa shape index (κ2) is 4.96. The Morgan fingerprint density at radius 3 is 2.77 bits per heavy atom. The van der Waals surface area contributed by atoms with Crippen LogP contribution in [0.5, 0.6) is 0 Å². The van der Waals surface area contributed by atoms with Crippen LogP contribution in [0.3, 0.4) is 0 Å². The van der Waals surface area contributed by atoms with Gasteiger partial charge in [-0.1, -0.05) is 33.6 Å². The van der Waals surface area contributed by atoms with E-state index in [1.165, 1.54) is 0 Å². The molecule has 1 atom stereocenters. The molecular formula is C9H11BrClNO. The van der Waals surface area contributed by atoms with E-state index in [0.29, 0.717) is 18.0 Å². The Balaban J connectivity index is 2.98. The molecule has 1 aromatic carbocycles. The molecule has 0 amide bonds. The molecule has 4 heteroatoms. The van der Waals surface area contributed by atoms with E-state index in [1.807, 2.05) is 12.1 Å². The molecular weight excluding hydrogens is 253 g/mol. The highest BCUT2D eigenvalue weighted by Gasteiger charge is 2.13. The Morgan fingerprint density at radius 1 is 1.54 bits per heavy atom. The molecule has 1 rings (SSSR count). The van der Waals surface area contributed by atoms with Gasteiger partial charge in [0.25, 0.3) is 0 Å². The zero-order valence-corrected chi connectivity index (χ0v) is 9.35. The van der Waals surface area contributed by atoms with Gasteiger partial charge in [-0.15, -0.1) is 0 Å². The maximum absolute atomic E-state index is 9.69. The van der Waals surface area contributed by atoms with Crippen molar-refractivity contribution in [3.63, 3.8) is 0 Å². The third kappa shape index (κ3) is 2.68. The van der Waals surface area contributed by atoms with Gasteiger partial charge >= 0.3 is 0 Å². The third-order valence-corrected chi connectivity index (χ3v) is 2.79. The molecule has 0 bridgehead atoms. The predicted molar refractivity (Wildman–Crippen MR) is 57.8 cm³/mol. The Hall–Kier alpha value is -0.0900. The molecule has 0 spiro atoms. The van der Waals surface area contributed by atoms with E-state index in [2.05, 4.69) is 15.9 Å². The van der Waals surface area contributed by atoms with Crippen LogP contribution in [0.2, 0.25) is 5.02 Å². The lowest BCUT2D eigenvalue weighted by molar-refractivity contribution is 0.169. The standard InChI is InChI=1S/C9H11BrClNO/c10-6-2-1-3-7(11)9(6)8(13)4-5-12/h1-3,8,13H,4-5,12H2. The van der Waals surface area contributed by atoms with E-state index in [0.717, 1.165) is 10.0 Å². The molecule has 13 heavy (non-hydrogen) atoms. The van der Waals surface area contributed by atoms with Crippen molar-refractivity contribution in [2.45, 2.75) is 12.5 Å². The minimum atomic E-state index is -0.590. The molecule has 0 saturated carbocycles. The third-order valence-electron chi connectivity index (χ3n) is 1.77. The minimum Gasteiger partial charge on any atom is -0.388 e. The van der Waals surface area contributed by atoms with Gasteiger partial charge in [0.05, 0.1) is 6.10 Å². The van der Waals surface area contributed by atoms with Crippen LogP contribution in [0.15, 0.2) is 22.7 Å². The van der Waals surface area contributed by atoms with Crippen molar-refractivity contribution in [1.82, 2.24) is 0 Å². The van der Waals surface area contributed by atoms with Gasteiger partial charge in [0.1, 0.15) is 0 Å². The Morgan fingerprint density at radius 2 is 2.23 bits per heavy atom. The van der Waals surface area contributed by atoms with Gasteiger partial charge in [-0.3, -0.25) is 0 Å². The molecule has 0 radical (unpaired) electrons. The average Bonchev–Trinajstić information content (AvgIpc) is 2.04. The molecule has 0 aliphatic rings. The van der Waals surface area contributed by atoms with Crippen molar-refractivity contribution >= 4 is 27.5 Å². The quantitative estimate of drug-likeness (QED) is 0.881.